The molecule has 0 spiro atoms. The van der Waals surface area contributed by atoms with Crippen LogP contribution in [0.1, 0.15) is 27.9 Å². The fourth-order valence-electron chi connectivity index (χ4n) is 3.90. The number of hydrogen-bond acceptors (Lipinski definition) is 6. The van der Waals surface area contributed by atoms with E-state index in [9.17, 15) is 9.59 Å². The van der Waals surface area contributed by atoms with Gasteiger partial charge in [-0.3, -0.25) is 4.79 Å². The third-order valence-electron chi connectivity index (χ3n) is 5.64. The normalized spacial score (nSPS) is 13.8. The van der Waals surface area contributed by atoms with Gasteiger partial charge in [-0.2, -0.15) is 0 Å². The summed E-state index contributed by atoms with van der Waals surface area (Å²) in [6, 6.07) is 22.4. The average Bonchev–Trinajstić information content (AvgIpc) is 3.20. The number of methoxy groups -OCH3 is 1. The van der Waals surface area contributed by atoms with Crippen LogP contribution < -0.4 is 15.4 Å². The Morgan fingerprint density at radius 2 is 1.71 bits per heavy atom. The number of anilines is 2. The molecular formula is C28H29N3O4. The topological polar surface area (TPSA) is 79.9 Å². The number of rotatable bonds is 9. The molecule has 3 aromatic carbocycles. The molecule has 2 N–H and O–H groups in total. The highest BCUT2D eigenvalue weighted by Gasteiger charge is 2.29. The van der Waals surface area contributed by atoms with E-state index in [1.165, 1.54) is 7.11 Å². The minimum atomic E-state index is -0.454. The summed E-state index contributed by atoms with van der Waals surface area (Å²) < 4.78 is 10.6. The Morgan fingerprint density at radius 3 is 2.40 bits per heavy atom. The lowest BCUT2D eigenvalue weighted by Gasteiger charge is -2.15. The lowest BCUT2D eigenvalue weighted by molar-refractivity contribution is -0.110. The van der Waals surface area contributed by atoms with E-state index >= 15 is 0 Å². The minimum absolute atomic E-state index is 0.241. The van der Waals surface area contributed by atoms with Crippen LogP contribution in [-0.4, -0.2) is 51.1 Å². The van der Waals surface area contributed by atoms with Crippen LogP contribution in [0.5, 0.6) is 5.75 Å². The number of nitrogens with one attached hydrogen (secondary N) is 2. The fraction of sp³-hybridized carbons (Fsp3) is 0.214. The molecule has 1 aliphatic heterocycles. The van der Waals surface area contributed by atoms with E-state index < -0.39 is 5.97 Å². The molecule has 180 valence electrons. The molecule has 0 aliphatic carbocycles. The predicted molar refractivity (Wildman–Crippen MR) is 138 cm³/mol. The molecule has 7 heteroatoms. The van der Waals surface area contributed by atoms with Gasteiger partial charge in [-0.25, -0.2) is 4.79 Å². The van der Waals surface area contributed by atoms with E-state index in [-0.39, 0.29) is 5.91 Å². The van der Waals surface area contributed by atoms with Gasteiger partial charge < -0.3 is 25.0 Å². The molecule has 0 fully saturated rings. The number of carbonyl (C=O) groups excluding carboxylic acids is 2. The predicted octanol–water partition coefficient (Wildman–Crippen LogP) is 4.74. The molecule has 0 aromatic heterocycles. The Bertz CT molecular complexity index is 1230. The molecule has 0 atom stereocenters. The van der Waals surface area contributed by atoms with Gasteiger partial charge in [-0.15, -0.1) is 0 Å². The summed E-state index contributed by atoms with van der Waals surface area (Å²) in [7, 11) is 5.41. The van der Waals surface area contributed by atoms with Crippen LogP contribution in [0.25, 0.3) is 11.3 Å². The van der Waals surface area contributed by atoms with Gasteiger partial charge >= 0.3 is 5.97 Å². The summed E-state index contributed by atoms with van der Waals surface area (Å²) >= 11 is 0. The van der Waals surface area contributed by atoms with Crippen molar-refractivity contribution >= 4 is 34.5 Å². The van der Waals surface area contributed by atoms with Gasteiger partial charge in [0.1, 0.15) is 5.75 Å². The number of nitrogens with zero attached hydrogens (tertiary/aromatic N) is 1. The number of amides is 1. The lowest BCUT2D eigenvalue weighted by atomic mass is 9.99. The monoisotopic (exact) mass is 471 g/mol. The van der Waals surface area contributed by atoms with Crippen molar-refractivity contribution in [3.8, 4) is 5.75 Å². The minimum Gasteiger partial charge on any atom is -0.494 e. The molecule has 0 saturated carbocycles. The van der Waals surface area contributed by atoms with Crippen molar-refractivity contribution in [3.63, 3.8) is 0 Å². The van der Waals surface area contributed by atoms with Crippen molar-refractivity contribution in [2.75, 3.05) is 45.0 Å². The Labute approximate surface area is 205 Å². The standard InChI is InChI=1S/C28H29N3O4/c1-31(2)16-7-17-35-22-13-11-21(12-14-22)29-26(19-8-5-4-6-9-19)25-23-15-10-20(28(33)34-3)18-24(23)30-27(25)32/h4-6,8-15,18,29H,7,16-17H2,1-3H3,(H,30,32). The summed E-state index contributed by atoms with van der Waals surface area (Å²) in [5, 5.41) is 6.31. The van der Waals surface area contributed by atoms with Crippen molar-refractivity contribution in [3.05, 3.63) is 89.5 Å². The quantitative estimate of drug-likeness (QED) is 0.267. The zero-order chi connectivity index (χ0) is 24.8. The van der Waals surface area contributed by atoms with Gasteiger partial charge in [0, 0.05) is 17.8 Å². The van der Waals surface area contributed by atoms with Crippen molar-refractivity contribution < 1.29 is 19.1 Å². The summed E-state index contributed by atoms with van der Waals surface area (Å²) in [5.41, 5.74) is 4.54. The molecule has 3 aromatic rings. The second kappa shape index (κ2) is 10.9. The van der Waals surface area contributed by atoms with E-state index in [0.29, 0.717) is 29.1 Å². The number of ether oxygens (including phenoxy) is 2. The fourth-order valence-corrected chi connectivity index (χ4v) is 3.90. The summed E-state index contributed by atoms with van der Waals surface area (Å²) in [6.07, 6.45) is 0.948. The van der Waals surface area contributed by atoms with Crippen LogP contribution in [0.15, 0.2) is 72.8 Å². The van der Waals surface area contributed by atoms with Gasteiger partial charge in [0.05, 0.1) is 36.2 Å². The van der Waals surface area contributed by atoms with Crippen LogP contribution >= 0.6 is 0 Å². The van der Waals surface area contributed by atoms with Crippen LogP contribution in [0, 0.1) is 0 Å². The molecule has 0 bridgehead atoms. The van der Waals surface area contributed by atoms with Crippen LogP contribution in [0.4, 0.5) is 11.4 Å². The highest BCUT2D eigenvalue weighted by Crippen LogP contribution is 2.38. The molecule has 0 unspecified atom stereocenters. The van der Waals surface area contributed by atoms with Gasteiger partial charge in [-0.05, 0) is 62.5 Å². The molecular weight excluding hydrogens is 442 g/mol. The first-order valence-corrected chi connectivity index (χ1v) is 11.4. The van der Waals surface area contributed by atoms with E-state index in [1.54, 1.807) is 18.2 Å². The SMILES string of the molecule is COC(=O)c1ccc2c(c1)NC(=O)C2=C(Nc1ccc(OCCCN(C)C)cc1)c1ccccc1. The maximum Gasteiger partial charge on any atom is 0.337 e. The van der Waals surface area contributed by atoms with Crippen molar-refractivity contribution in [1.29, 1.82) is 0 Å². The van der Waals surface area contributed by atoms with Crippen molar-refractivity contribution in [2.24, 2.45) is 0 Å². The molecule has 7 nitrogen and oxygen atoms in total. The zero-order valence-electron chi connectivity index (χ0n) is 20.1. The Kier molecular flexibility index (Phi) is 7.48. The highest BCUT2D eigenvalue weighted by atomic mass is 16.5. The first-order valence-electron chi connectivity index (χ1n) is 11.4. The first kappa shape index (κ1) is 24.0. The van der Waals surface area contributed by atoms with Crippen LogP contribution in [0.3, 0.4) is 0 Å². The first-order chi connectivity index (χ1) is 17.0. The Morgan fingerprint density at radius 1 is 0.971 bits per heavy atom. The largest absolute Gasteiger partial charge is 0.494 e. The summed E-state index contributed by atoms with van der Waals surface area (Å²) in [6.45, 7) is 1.62. The molecule has 0 saturated heterocycles. The van der Waals surface area contributed by atoms with E-state index in [4.69, 9.17) is 9.47 Å². The molecule has 1 aliphatic rings. The van der Waals surface area contributed by atoms with Crippen LogP contribution in [-0.2, 0) is 9.53 Å². The van der Waals surface area contributed by atoms with Gasteiger partial charge in [-0.1, -0.05) is 36.4 Å². The average molecular weight is 472 g/mol. The third kappa shape index (κ3) is 5.70. The van der Waals surface area contributed by atoms with E-state index in [2.05, 4.69) is 15.5 Å². The molecule has 4 rings (SSSR count). The summed E-state index contributed by atoms with van der Waals surface area (Å²) in [4.78, 5) is 27.2. The second-order valence-corrected chi connectivity index (χ2v) is 8.48. The number of fused-ring (bicyclic) bond motifs is 1. The number of hydrogen-bond donors (Lipinski definition) is 2. The molecule has 1 amide bonds. The molecule has 35 heavy (non-hydrogen) atoms. The number of esters is 1. The van der Waals surface area contributed by atoms with E-state index in [0.717, 1.165) is 35.5 Å². The Balaban J connectivity index is 1.64. The van der Waals surface area contributed by atoms with Crippen molar-refractivity contribution in [2.45, 2.75) is 6.42 Å². The second-order valence-electron chi connectivity index (χ2n) is 8.48. The molecule has 1 heterocycles. The third-order valence-corrected chi connectivity index (χ3v) is 5.64. The summed E-state index contributed by atoms with van der Waals surface area (Å²) in [5.74, 6) is 0.0987. The van der Waals surface area contributed by atoms with E-state index in [1.807, 2.05) is 68.7 Å². The highest BCUT2D eigenvalue weighted by molar-refractivity contribution is 6.37. The lowest BCUT2D eigenvalue weighted by Crippen LogP contribution is -2.15. The smallest absolute Gasteiger partial charge is 0.337 e. The van der Waals surface area contributed by atoms with Gasteiger partial charge in [0.2, 0.25) is 0 Å². The Hall–Kier alpha value is -4.10. The van der Waals surface area contributed by atoms with Crippen LogP contribution in [0.2, 0.25) is 0 Å². The maximum absolute atomic E-state index is 13.1. The zero-order valence-corrected chi connectivity index (χ0v) is 20.1. The number of benzene rings is 3. The van der Waals surface area contributed by atoms with Gasteiger partial charge in [0.15, 0.2) is 0 Å². The maximum atomic E-state index is 13.1. The van der Waals surface area contributed by atoms with Crippen molar-refractivity contribution in [1.82, 2.24) is 4.90 Å². The van der Waals surface area contributed by atoms with Gasteiger partial charge in [0.25, 0.3) is 5.91 Å². The molecule has 0 radical (unpaired) electrons. The number of carbonyl (C=O) groups is 2.